The Kier molecular flexibility index (Phi) is 5.00. The van der Waals surface area contributed by atoms with E-state index >= 15 is 0 Å². The first-order chi connectivity index (χ1) is 9.29. The van der Waals surface area contributed by atoms with Crippen molar-refractivity contribution in [3.05, 3.63) is 47.9 Å². The Morgan fingerprint density at radius 2 is 2.32 bits per heavy atom. The van der Waals surface area contributed by atoms with Gasteiger partial charge in [-0.1, -0.05) is 17.3 Å². The molecule has 1 aromatic heterocycles. The summed E-state index contributed by atoms with van der Waals surface area (Å²) in [5, 5.41) is 3.47. The Balaban J connectivity index is 1.73. The van der Waals surface area contributed by atoms with Crippen molar-refractivity contribution >= 4 is 17.7 Å². The second kappa shape index (κ2) is 6.96. The molecule has 5 nitrogen and oxygen atoms in total. The molecule has 0 saturated carbocycles. The number of benzene rings is 1. The van der Waals surface area contributed by atoms with Crippen LogP contribution >= 0.6 is 11.8 Å². The van der Waals surface area contributed by atoms with E-state index in [0.29, 0.717) is 6.61 Å². The molecule has 2 rings (SSSR count). The average Bonchev–Trinajstić information content (AvgIpc) is 2.98. The van der Waals surface area contributed by atoms with Gasteiger partial charge in [-0.15, -0.1) is 11.8 Å². The highest BCUT2D eigenvalue weighted by Gasteiger charge is 2.09. The Morgan fingerprint density at radius 3 is 3.05 bits per heavy atom. The standard InChI is InChI=1S/C13H13NO4S/c1-19-11-4-2-3-10(7-11)8-16-9-17-13(15)12-5-6-18-14-12/h2-7H,8-9H2,1H3. The molecule has 0 N–H and O–H groups in total. The summed E-state index contributed by atoms with van der Waals surface area (Å²) >= 11 is 1.67. The molecule has 2 aromatic rings. The van der Waals surface area contributed by atoms with Crippen LogP contribution in [-0.4, -0.2) is 24.2 Å². The van der Waals surface area contributed by atoms with Crippen LogP contribution in [-0.2, 0) is 16.1 Å². The number of ether oxygens (including phenoxy) is 2. The van der Waals surface area contributed by atoms with Crippen molar-refractivity contribution in [3.63, 3.8) is 0 Å². The smallest absolute Gasteiger partial charge is 0.362 e. The van der Waals surface area contributed by atoms with Gasteiger partial charge in [0.05, 0.1) is 6.61 Å². The summed E-state index contributed by atoms with van der Waals surface area (Å²) in [6.07, 6.45) is 3.32. The zero-order chi connectivity index (χ0) is 13.5. The molecular formula is C13H13NO4S. The average molecular weight is 279 g/mol. The molecule has 19 heavy (non-hydrogen) atoms. The van der Waals surface area contributed by atoms with Crippen molar-refractivity contribution in [2.45, 2.75) is 11.5 Å². The summed E-state index contributed by atoms with van der Waals surface area (Å²) < 4.78 is 14.7. The second-order valence-corrected chi connectivity index (χ2v) is 4.51. The summed E-state index contributed by atoms with van der Waals surface area (Å²) in [6.45, 7) is 0.273. The molecular weight excluding hydrogens is 266 g/mol. The molecule has 0 spiro atoms. The third kappa shape index (κ3) is 4.11. The van der Waals surface area contributed by atoms with Crippen LogP contribution in [0.4, 0.5) is 0 Å². The summed E-state index contributed by atoms with van der Waals surface area (Å²) in [7, 11) is 0. The van der Waals surface area contributed by atoms with E-state index < -0.39 is 5.97 Å². The van der Waals surface area contributed by atoms with Gasteiger partial charge in [-0.3, -0.25) is 0 Å². The highest BCUT2D eigenvalue weighted by Crippen LogP contribution is 2.16. The van der Waals surface area contributed by atoms with Crippen LogP contribution in [0, 0.1) is 0 Å². The van der Waals surface area contributed by atoms with Crippen LogP contribution in [0.25, 0.3) is 0 Å². The summed E-state index contributed by atoms with van der Waals surface area (Å²) in [5.41, 5.74) is 1.16. The molecule has 0 saturated heterocycles. The van der Waals surface area contributed by atoms with E-state index in [-0.39, 0.29) is 12.5 Å². The quantitative estimate of drug-likeness (QED) is 0.351. The van der Waals surface area contributed by atoms with Gasteiger partial charge in [0.2, 0.25) is 0 Å². The minimum atomic E-state index is -0.563. The molecule has 0 bridgehead atoms. The molecule has 0 radical (unpaired) electrons. The van der Waals surface area contributed by atoms with Crippen LogP contribution in [0.15, 0.2) is 46.0 Å². The molecule has 0 fully saturated rings. The van der Waals surface area contributed by atoms with E-state index in [4.69, 9.17) is 9.47 Å². The molecule has 100 valence electrons. The van der Waals surface area contributed by atoms with Gasteiger partial charge in [-0.2, -0.15) is 0 Å². The molecule has 0 aliphatic rings. The number of thioether (sulfide) groups is 1. The number of hydrogen-bond donors (Lipinski definition) is 0. The van der Waals surface area contributed by atoms with E-state index in [0.717, 1.165) is 5.56 Å². The Hall–Kier alpha value is -1.79. The van der Waals surface area contributed by atoms with Gasteiger partial charge in [-0.25, -0.2) is 4.79 Å². The number of aromatic nitrogens is 1. The summed E-state index contributed by atoms with van der Waals surface area (Å²) in [4.78, 5) is 12.6. The number of hydrogen-bond acceptors (Lipinski definition) is 6. The maximum absolute atomic E-state index is 11.4. The van der Waals surface area contributed by atoms with Crippen LogP contribution < -0.4 is 0 Å². The number of carbonyl (C=O) groups is 1. The molecule has 1 heterocycles. The predicted molar refractivity (Wildman–Crippen MR) is 69.8 cm³/mol. The zero-order valence-electron chi connectivity index (χ0n) is 10.4. The molecule has 0 amide bonds. The SMILES string of the molecule is CSc1cccc(COCOC(=O)c2ccon2)c1. The number of carbonyl (C=O) groups excluding carboxylic acids is 1. The van der Waals surface area contributed by atoms with Gasteiger partial charge >= 0.3 is 5.97 Å². The third-order valence-corrected chi connectivity index (χ3v) is 3.05. The van der Waals surface area contributed by atoms with Crippen molar-refractivity contribution in [1.29, 1.82) is 0 Å². The first kappa shape index (κ1) is 13.6. The normalized spacial score (nSPS) is 10.4. The molecule has 0 aliphatic heterocycles. The van der Waals surface area contributed by atoms with E-state index in [9.17, 15) is 4.79 Å². The largest absolute Gasteiger partial charge is 0.434 e. The van der Waals surface area contributed by atoms with Crippen molar-refractivity contribution in [2.75, 3.05) is 13.0 Å². The van der Waals surface area contributed by atoms with Gasteiger partial charge in [0, 0.05) is 11.0 Å². The lowest BCUT2D eigenvalue weighted by atomic mass is 10.2. The van der Waals surface area contributed by atoms with Crippen LogP contribution in [0.5, 0.6) is 0 Å². The van der Waals surface area contributed by atoms with Crippen LogP contribution in [0.1, 0.15) is 16.1 Å². The van der Waals surface area contributed by atoms with E-state index in [2.05, 4.69) is 9.68 Å². The Labute approximate surface area is 114 Å². The fourth-order valence-corrected chi connectivity index (χ4v) is 1.89. The van der Waals surface area contributed by atoms with Crippen molar-refractivity contribution in [1.82, 2.24) is 5.16 Å². The second-order valence-electron chi connectivity index (χ2n) is 3.63. The van der Waals surface area contributed by atoms with Gasteiger partial charge in [-0.05, 0) is 24.0 Å². The summed E-state index contributed by atoms with van der Waals surface area (Å²) in [5.74, 6) is -0.563. The van der Waals surface area contributed by atoms with Gasteiger partial charge in [0.1, 0.15) is 6.26 Å². The molecule has 0 aliphatic carbocycles. The lowest BCUT2D eigenvalue weighted by Crippen LogP contribution is -2.09. The fraction of sp³-hybridized carbons (Fsp3) is 0.231. The monoisotopic (exact) mass is 279 g/mol. The van der Waals surface area contributed by atoms with Gasteiger partial charge in [0.25, 0.3) is 0 Å². The van der Waals surface area contributed by atoms with Crippen molar-refractivity contribution < 1.29 is 18.8 Å². The van der Waals surface area contributed by atoms with Crippen molar-refractivity contribution in [2.24, 2.45) is 0 Å². The number of rotatable bonds is 6. The first-order valence-electron chi connectivity index (χ1n) is 5.58. The third-order valence-electron chi connectivity index (χ3n) is 2.32. The van der Waals surface area contributed by atoms with Gasteiger partial charge < -0.3 is 14.0 Å². The minimum Gasteiger partial charge on any atom is -0.434 e. The molecule has 0 unspecified atom stereocenters. The van der Waals surface area contributed by atoms with Crippen LogP contribution in [0.3, 0.4) is 0 Å². The lowest BCUT2D eigenvalue weighted by Gasteiger charge is -2.06. The minimum absolute atomic E-state index is 0.116. The molecule has 0 atom stereocenters. The van der Waals surface area contributed by atoms with E-state index in [1.165, 1.54) is 17.2 Å². The van der Waals surface area contributed by atoms with E-state index in [1.54, 1.807) is 11.8 Å². The zero-order valence-corrected chi connectivity index (χ0v) is 11.2. The maximum atomic E-state index is 11.4. The summed E-state index contributed by atoms with van der Waals surface area (Å²) in [6, 6.07) is 9.41. The highest BCUT2D eigenvalue weighted by atomic mass is 32.2. The predicted octanol–water partition coefficient (Wildman–Crippen LogP) is 2.73. The highest BCUT2D eigenvalue weighted by molar-refractivity contribution is 7.98. The molecule has 6 heteroatoms. The van der Waals surface area contributed by atoms with Gasteiger partial charge in [0.15, 0.2) is 12.5 Å². The molecule has 1 aromatic carbocycles. The van der Waals surface area contributed by atoms with Crippen LogP contribution in [0.2, 0.25) is 0 Å². The number of esters is 1. The maximum Gasteiger partial charge on any atom is 0.362 e. The fourth-order valence-electron chi connectivity index (χ4n) is 1.41. The Morgan fingerprint density at radius 1 is 1.42 bits per heavy atom. The van der Waals surface area contributed by atoms with E-state index in [1.807, 2.05) is 30.5 Å². The Bertz CT molecular complexity index is 527. The first-order valence-corrected chi connectivity index (χ1v) is 6.80. The van der Waals surface area contributed by atoms with Crippen molar-refractivity contribution in [3.8, 4) is 0 Å². The topological polar surface area (TPSA) is 61.6 Å². The lowest BCUT2D eigenvalue weighted by molar-refractivity contribution is -0.0387. The number of nitrogens with zero attached hydrogens (tertiary/aromatic N) is 1.